The van der Waals surface area contributed by atoms with Crippen molar-refractivity contribution in [3.63, 3.8) is 0 Å². The van der Waals surface area contributed by atoms with Crippen LogP contribution in [-0.4, -0.2) is 64.8 Å². The van der Waals surface area contributed by atoms with E-state index in [4.69, 9.17) is 14.9 Å². The minimum Gasteiger partial charge on any atom is -0.545 e. The van der Waals surface area contributed by atoms with E-state index in [0.29, 0.717) is 12.7 Å². The van der Waals surface area contributed by atoms with E-state index in [1.165, 1.54) is 89.9 Å². The third kappa shape index (κ3) is 32.6. The van der Waals surface area contributed by atoms with Gasteiger partial charge < -0.3 is 34.3 Å². The van der Waals surface area contributed by atoms with Gasteiger partial charge in [0.2, 0.25) is 0 Å². The molecule has 2 atom stereocenters. The fourth-order valence-electron chi connectivity index (χ4n) is 3.67. The monoisotopic (exact) mass is 624 g/mol. The zero-order chi connectivity index (χ0) is 32.2. The van der Waals surface area contributed by atoms with Crippen LogP contribution in [0, 0.1) is 0 Å². The Hall–Kier alpha value is -2.12. The van der Waals surface area contributed by atoms with E-state index in [9.17, 15) is 33.9 Å². The van der Waals surface area contributed by atoms with Crippen LogP contribution in [0.4, 0.5) is 0 Å². The summed E-state index contributed by atoms with van der Waals surface area (Å²) in [5.41, 5.74) is 0. The van der Waals surface area contributed by atoms with E-state index in [2.05, 4.69) is 16.4 Å². The molecule has 13 heteroatoms. The van der Waals surface area contributed by atoms with Crippen molar-refractivity contribution in [3.8, 4) is 0 Å². The van der Waals surface area contributed by atoms with Crippen molar-refractivity contribution < 1.29 is 87.9 Å². The molecule has 0 aliphatic heterocycles. The van der Waals surface area contributed by atoms with E-state index in [-0.39, 0.29) is 29.6 Å². The molecule has 0 heterocycles. The summed E-state index contributed by atoms with van der Waals surface area (Å²) < 4.78 is 12.7. The smallest absolute Gasteiger partial charge is 0.545 e. The first kappa shape index (κ1) is 45.3. The first-order valence-corrected chi connectivity index (χ1v) is 14.8. The summed E-state index contributed by atoms with van der Waals surface area (Å²) in [4.78, 5) is 63.6. The van der Waals surface area contributed by atoms with Crippen molar-refractivity contribution in [2.24, 2.45) is 0 Å². The Kier molecular flexibility index (Phi) is 33.0. The summed E-state index contributed by atoms with van der Waals surface area (Å²) in [6.45, 7) is 4.41. The SMILES string of the molecule is CC(=O)OC(=O)C(O)C(O)C(=O)OC(C)=O.CCCCCCCCCCCCCCCCCCOC(=O)/C=C/C(=O)[O-].[Na+]. The molecule has 0 amide bonds. The number of aliphatic hydroxyl groups excluding tert-OH is 2. The molecule has 2 N–H and O–H groups in total. The van der Waals surface area contributed by atoms with Crippen LogP contribution >= 0.6 is 0 Å². The molecule has 0 aliphatic rings. The number of ether oxygens (including phenoxy) is 3. The normalized spacial score (nSPS) is 11.7. The molecule has 43 heavy (non-hydrogen) atoms. The Morgan fingerprint density at radius 1 is 0.605 bits per heavy atom. The number of carbonyl (C=O) groups is 6. The van der Waals surface area contributed by atoms with Crippen molar-refractivity contribution in [2.75, 3.05) is 6.61 Å². The number of rotatable bonds is 22. The summed E-state index contributed by atoms with van der Waals surface area (Å²) >= 11 is 0. The molecule has 12 nitrogen and oxygen atoms in total. The maximum Gasteiger partial charge on any atom is 1.00 e. The van der Waals surface area contributed by atoms with Crippen LogP contribution in [0.5, 0.6) is 0 Å². The summed E-state index contributed by atoms with van der Waals surface area (Å²) in [6.07, 6.45) is 17.9. The first-order valence-electron chi connectivity index (χ1n) is 14.8. The van der Waals surface area contributed by atoms with Gasteiger partial charge >= 0.3 is 59.4 Å². The van der Waals surface area contributed by atoms with Crippen molar-refractivity contribution in [3.05, 3.63) is 12.2 Å². The van der Waals surface area contributed by atoms with Crippen molar-refractivity contribution >= 4 is 35.8 Å². The summed E-state index contributed by atoms with van der Waals surface area (Å²) in [5.74, 6) is -7.06. The number of carboxylic acid groups (broad SMARTS) is 1. The fraction of sp³-hybridized carbons (Fsp3) is 0.733. The predicted octanol–water partition coefficient (Wildman–Crippen LogP) is -0.0112. The van der Waals surface area contributed by atoms with Crippen LogP contribution in [0.25, 0.3) is 0 Å². The van der Waals surface area contributed by atoms with Gasteiger partial charge in [-0.1, -0.05) is 103 Å². The van der Waals surface area contributed by atoms with Gasteiger partial charge in [-0.3, -0.25) is 9.59 Å². The van der Waals surface area contributed by atoms with Crippen LogP contribution in [0.2, 0.25) is 0 Å². The molecule has 0 aromatic heterocycles. The number of aliphatic hydroxyl groups is 2. The first-order chi connectivity index (χ1) is 19.9. The van der Waals surface area contributed by atoms with E-state index in [0.717, 1.165) is 32.8 Å². The van der Waals surface area contributed by atoms with E-state index in [1.807, 2.05) is 0 Å². The van der Waals surface area contributed by atoms with E-state index < -0.39 is 48.0 Å². The van der Waals surface area contributed by atoms with Gasteiger partial charge in [0.15, 0.2) is 12.2 Å². The van der Waals surface area contributed by atoms with Crippen LogP contribution in [0.1, 0.15) is 124 Å². The molecule has 0 saturated carbocycles. The minimum atomic E-state index is -2.30. The molecule has 0 spiro atoms. The van der Waals surface area contributed by atoms with E-state index >= 15 is 0 Å². The van der Waals surface area contributed by atoms with Gasteiger partial charge in [0, 0.05) is 19.9 Å². The molecule has 0 rings (SSSR count). The number of unbranched alkanes of at least 4 members (excludes halogenated alkanes) is 15. The second kappa shape index (κ2) is 31.3. The van der Waals surface area contributed by atoms with Gasteiger partial charge in [-0.05, 0) is 12.5 Å². The minimum absolute atomic E-state index is 0. The molecule has 0 aliphatic carbocycles. The topological polar surface area (TPSA) is 194 Å². The number of carboxylic acids is 1. The maximum atomic E-state index is 11.1. The molecule has 242 valence electrons. The molecule has 0 aromatic carbocycles. The van der Waals surface area contributed by atoms with Crippen molar-refractivity contribution in [1.82, 2.24) is 0 Å². The third-order valence-corrected chi connectivity index (χ3v) is 5.87. The average Bonchev–Trinajstić information content (AvgIpc) is 2.92. The molecule has 2 unspecified atom stereocenters. The second-order valence-corrected chi connectivity index (χ2v) is 9.84. The molecule has 0 radical (unpaired) electrons. The van der Waals surface area contributed by atoms with Crippen LogP contribution in [-0.2, 0) is 43.0 Å². The number of hydrogen-bond donors (Lipinski definition) is 2. The average molecular weight is 625 g/mol. The van der Waals surface area contributed by atoms with Gasteiger partial charge in [-0.15, -0.1) is 0 Å². The van der Waals surface area contributed by atoms with Crippen molar-refractivity contribution in [2.45, 2.75) is 136 Å². The van der Waals surface area contributed by atoms with Gasteiger partial charge in [-0.2, -0.15) is 0 Å². The Labute approximate surface area is 277 Å². The number of aliphatic carboxylic acids is 1. The van der Waals surface area contributed by atoms with E-state index in [1.54, 1.807) is 0 Å². The maximum absolute atomic E-state index is 11.1. The quantitative estimate of drug-likeness (QED) is 0.0409. The standard InChI is InChI=1S/C22H40O4.C8H10O8.Na/c1-2-3-4-5-6-7-8-9-10-11-12-13-14-15-16-17-20-26-22(25)19-18-21(23)24;1-3(9)15-7(13)5(11)6(12)8(14)16-4(2)10;/h18-19H,2-17,20H2,1H3,(H,23,24);5-6,11-12H,1-2H3;/q;;+1/p-1/b19-18+;;. The molecular formula is C30H49NaO12. The molecular weight excluding hydrogens is 575 g/mol. The summed E-state index contributed by atoms with van der Waals surface area (Å²) in [5, 5.41) is 28.2. The Morgan fingerprint density at radius 3 is 1.23 bits per heavy atom. The summed E-state index contributed by atoms with van der Waals surface area (Å²) in [6, 6.07) is 0. The predicted molar refractivity (Wildman–Crippen MR) is 150 cm³/mol. The van der Waals surface area contributed by atoms with Gasteiger partial charge in [0.25, 0.3) is 0 Å². The number of hydrogen-bond acceptors (Lipinski definition) is 12. The zero-order valence-corrected chi connectivity index (χ0v) is 28.3. The summed E-state index contributed by atoms with van der Waals surface area (Å²) in [7, 11) is 0. The molecule has 0 fully saturated rings. The largest absolute Gasteiger partial charge is 1.00 e. The Balaban J connectivity index is -0.000000810. The van der Waals surface area contributed by atoms with Gasteiger partial charge in [0.05, 0.1) is 12.6 Å². The van der Waals surface area contributed by atoms with Crippen LogP contribution in [0.3, 0.4) is 0 Å². The second-order valence-electron chi connectivity index (χ2n) is 9.84. The Morgan fingerprint density at radius 2 is 0.930 bits per heavy atom. The van der Waals surface area contributed by atoms with Gasteiger partial charge in [0.1, 0.15) is 0 Å². The molecule has 0 bridgehead atoms. The molecule has 0 aromatic rings. The zero-order valence-electron chi connectivity index (χ0n) is 26.3. The number of carbonyl (C=O) groups excluding carboxylic acids is 6. The number of esters is 5. The molecule has 0 saturated heterocycles. The van der Waals surface area contributed by atoms with Crippen LogP contribution < -0.4 is 34.7 Å². The fourth-order valence-corrected chi connectivity index (χ4v) is 3.67. The Bertz CT molecular complexity index is 796. The van der Waals surface area contributed by atoms with Crippen molar-refractivity contribution in [1.29, 1.82) is 0 Å². The van der Waals surface area contributed by atoms with Crippen LogP contribution in [0.15, 0.2) is 12.2 Å². The van der Waals surface area contributed by atoms with Gasteiger partial charge in [-0.25, -0.2) is 14.4 Å². The third-order valence-electron chi connectivity index (χ3n) is 5.87.